The van der Waals surface area contributed by atoms with Gasteiger partial charge >= 0.3 is 0 Å². The van der Waals surface area contributed by atoms with Gasteiger partial charge in [-0.2, -0.15) is 0 Å². The van der Waals surface area contributed by atoms with Crippen LogP contribution in [0.15, 0.2) is 47.1 Å². The van der Waals surface area contributed by atoms with E-state index in [1.54, 1.807) is 30.2 Å². The van der Waals surface area contributed by atoms with Gasteiger partial charge in [-0.15, -0.1) is 0 Å². The van der Waals surface area contributed by atoms with Crippen LogP contribution in [0.1, 0.15) is 68.1 Å². The van der Waals surface area contributed by atoms with Gasteiger partial charge in [0.25, 0.3) is 5.91 Å². The Balaban J connectivity index is 1.84. The van der Waals surface area contributed by atoms with Crippen molar-refractivity contribution < 1.29 is 23.5 Å². The predicted octanol–water partition coefficient (Wildman–Crippen LogP) is 3.69. The number of nitrogens with zero attached hydrogens (tertiary/aromatic N) is 1. The second-order valence-electron chi connectivity index (χ2n) is 9.10. The van der Waals surface area contributed by atoms with Gasteiger partial charge in [-0.3, -0.25) is 14.4 Å². The van der Waals surface area contributed by atoms with Gasteiger partial charge in [0, 0.05) is 12.6 Å². The van der Waals surface area contributed by atoms with Gasteiger partial charge in [0.05, 0.1) is 19.9 Å². The fourth-order valence-corrected chi connectivity index (χ4v) is 4.16. The lowest BCUT2D eigenvalue weighted by atomic mass is 10.0. The number of methoxy groups -OCH3 is 1. The van der Waals surface area contributed by atoms with E-state index in [0.29, 0.717) is 23.8 Å². The average molecular weight is 470 g/mol. The second kappa shape index (κ2) is 12.3. The third-order valence-corrected chi connectivity index (χ3v) is 6.11. The smallest absolute Gasteiger partial charge is 0.287 e. The van der Waals surface area contributed by atoms with Gasteiger partial charge in [-0.1, -0.05) is 38.8 Å². The predicted molar refractivity (Wildman–Crippen MR) is 128 cm³/mol. The fourth-order valence-electron chi connectivity index (χ4n) is 4.16. The molecule has 184 valence electrons. The summed E-state index contributed by atoms with van der Waals surface area (Å²) in [6, 6.07) is 9.66. The van der Waals surface area contributed by atoms with Crippen LogP contribution in [-0.2, 0) is 9.59 Å². The molecule has 8 heteroatoms. The monoisotopic (exact) mass is 469 g/mol. The third-order valence-electron chi connectivity index (χ3n) is 6.11. The lowest BCUT2D eigenvalue weighted by Crippen LogP contribution is -2.49. The first-order chi connectivity index (χ1) is 16.4. The zero-order valence-corrected chi connectivity index (χ0v) is 20.2. The van der Waals surface area contributed by atoms with Crippen molar-refractivity contribution in [2.45, 2.75) is 58.0 Å². The Morgan fingerprint density at radius 3 is 2.41 bits per heavy atom. The minimum absolute atomic E-state index is 0.119. The fraction of sp³-hybridized carbons (Fsp3) is 0.500. The van der Waals surface area contributed by atoms with Crippen LogP contribution in [0.25, 0.3) is 0 Å². The van der Waals surface area contributed by atoms with Gasteiger partial charge < -0.3 is 24.7 Å². The molecule has 1 aromatic heterocycles. The van der Waals surface area contributed by atoms with E-state index in [0.717, 1.165) is 32.1 Å². The largest absolute Gasteiger partial charge is 0.497 e. The van der Waals surface area contributed by atoms with Crippen LogP contribution in [-0.4, -0.2) is 48.9 Å². The van der Waals surface area contributed by atoms with E-state index in [-0.39, 0.29) is 30.2 Å². The molecule has 1 heterocycles. The Kier molecular flexibility index (Phi) is 9.13. The number of furan rings is 1. The normalized spacial score (nSPS) is 14.6. The van der Waals surface area contributed by atoms with Gasteiger partial charge in [0.15, 0.2) is 5.76 Å². The standard InChI is InChI=1S/C26H35N3O5/c1-18(2)14-15-29(23(30)17-27-25(31)22-9-6-16-34-22)24(19-10-12-21(33-3)13-11-19)26(32)28-20-7-4-5-8-20/h6,9-13,16,18,20,24H,4-5,7-8,14-15,17H2,1-3H3,(H,27,31)(H,28,32). The molecule has 1 saturated carbocycles. The van der Waals surface area contributed by atoms with Crippen LogP contribution < -0.4 is 15.4 Å². The molecule has 1 aromatic carbocycles. The van der Waals surface area contributed by atoms with Crippen molar-refractivity contribution in [2.24, 2.45) is 5.92 Å². The molecule has 1 atom stereocenters. The summed E-state index contributed by atoms with van der Waals surface area (Å²) in [4.78, 5) is 40.8. The molecule has 34 heavy (non-hydrogen) atoms. The number of hydrogen-bond donors (Lipinski definition) is 2. The minimum Gasteiger partial charge on any atom is -0.497 e. The number of amides is 3. The highest BCUT2D eigenvalue weighted by Crippen LogP contribution is 2.26. The summed E-state index contributed by atoms with van der Waals surface area (Å²) in [5, 5.41) is 5.76. The van der Waals surface area contributed by atoms with Crippen molar-refractivity contribution in [3.05, 3.63) is 54.0 Å². The van der Waals surface area contributed by atoms with E-state index in [9.17, 15) is 14.4 Å². The molecule has 3 rings (SSSR count). The van der Waals surface area contributed by atoms with Gasteiger partial charge in [-0.05, 0) is 55.0 Å². The van der Waals surface area contributed by atoms with Crippen LogP contribution in [0, 0.1) is 5.92 Å². The van der Waals surface area contributed by atoms with Gasteiger partial charge in [0.2, 0.25) is 11.8 Å². The molecule has 0 spiro atoms. The molecule has 1 unspecified atom stereocenters. The average Bonchev–Trinajstić information content (AvgIpc) is 3.54. The first-order valence-electron chi connectivity index (χ1n) is 11.9. The van der Waals surface area contributed by atoms with Crippen LogP contribution in [0.2, 0.25) is 0 Å². The van der Waals surface area contributed by atoms with Crippen molar-refractivity contribution in [3.8, 4) is 5.75 Å². The molecule has 0 saturated heterocycles. The van der Waals surface area contributed by atoms with Crippen LogP contribution in [0.4, 0.5) is 0 Å². The van der Waals surface area contributed by atoms with E-state index in [4.69, 9.17) is 9.15 Å². The summed E-state index contributed by atoms with van der Waals surface area (Å²) in [5.41, 5.74) is 0.700. The summed E-state index contributed by atoms with van der Waals surface area (Å²) in [6.07, 6.45) is 6.19. The maximum atomic E-state index is 13.5. The number of nitrogens with one attached hydrogen (secondary N) is 2. The Labute approximate surface area is 201 Å². The van der Waals surface area contributed by atoms with Crippen molar-refractivity contribution in [1.82, 2.24) is 15.5 Å². The lowest BCUT2D eigenvalue weighted by molar-refractivity contribution is -0.140. The highest BCUT2D eigenvalue weighted by Gasteiger charge is 2.33. The number of rotatable bonds is 11. The number of benzene rings is 1. The molecule has 1 aliphatic carbocycles. The molecule has 0 aliphatic heterocycles. The van der Waals surface area contributed by atoms with E-state index >= 15 is 0 Å². The Morgan fingerprint density at radius 2 is 1.82 bits per heavy atom. The summed E-state index contributed by atoms with van der Waals surface area (Å²) in [5.74, 6) is 0.132. The van der Waals surface area contributed by atoms with Crippen molar-refractivity contribution >= 4 is 17.7 Å². The van der Waals surface area contributed by atoms with Crippen molar-refractivity contribution in [3.63, 3.8) is 0 Å². The molecule has 1 fully saturated rings. The molecule has 2 aromatic rings. The van der Waals surface area contributed by atoms with Crippen LogP contribution in [0.5, 0.6) is 5.75 Å². The number of carbonyl (C=O) groups is 3. The SMILES string of the molecule is COc1ccc(C(C(=O)NC2CCCC2)N(CCC(C)C)C(=O)CNC(=O)c2ccco2)cc1. The molecule has 0 radical (unpaired) electrons. The zero-order valence-electron chi connectivity index (χ0n) is 20.2. The van der Waals surface area contributed by atoms with E-state index in [1.807, 2.05) is 12.1 Å². The number of ether oxygens (including phenoxy) is 1. The minimum atomic E-state index is -0.807. The third kappa shape index (κ3) is 6.85. The number of carbonyl (C=O) groups excluding carboxylic acids is 3. The second-order valence-corrected chi connectivity index (χ2v) is 9.10. The molecule has 1 aliphatic rings. The molecule has 0 bridgehead atoms. The zero-order chi connectivity index (χ0) is 24.5. The molecular weight excluding hydrogens is 434 g/mol. The summed E-state index contributed by atoms with van der Waals surface area (Å²) in [7, 11) is 1.58. The van der Waals surface area contributed by atoms with Crippen LogP contribution >= 0.6 is 0 Å². The van der Waals surface area contributed by atoms with E-state index < -0.39 is 11.9 Å². The maximum Gasteiger partial charge on any atom is 0.287 e. The van der Waals surface area contributed by atoms with Gasteiger partial charge in [-0.25, -0.2) is 0 Å². The molecule has 3 amide bonds. The molecule has 8 nitrogen and oxygen atoms in total. The highest BCUT2D eigenvalue weighted by atomic mass is 16.5. The van der Waals surface area contributed by atoms with Crippen molar-refractivity contribution in [2.75, 3.05) is 20.2 Å². The summed E-state index contributed by atoms with van der Waals surface area (Å²) < 4.78 is 10.4. The van der Waals surface area contributed by atoms with Crippen LogP contribution in [0.3, 0.4) is 0 Å². The van der Waals surface area contributed by atoms with E-state index in [1.165, 1.54) is 12.3 Å². The quantitative estimate of drug-likeness (QED) is 0.523. The van der Waals surface area contributed by atoms with Gasteiger partial charge in [0.1, 0.15) is 11.8 Å². The maximum absolute atomic E-state index is 13.5. The molecular formula is C26H35N3O5. The van der Waals surface area contributed by atoms with E-state index in [2.05, 4.69) is 24.5 Å². The first kappa shape index (κ1) is 25.3. The Hall–Kier alpha value is -3.29. The Morgan fingerprint density at radius 1 is 1.12 bits per heavy atom. The van der Waals surface area contributed by atoms with Crippen molar-refractivity contribution in [1.29, 1.82) is 0 Å². The Bertz CT molecular complexity index is 934. The molecule has 2 N–H and O–H groups in total. The first-order valence-corrected chi connectivity index (χ1v) is 11.9. The lowest BCUT2D eigenvalue weighted by Gasteiger charge is -2.33. The summed E-state index contributed by atoms with van der Waals surface area (Å²) >= 11 is 0. The summed E-state index contributed by atoms with van der Waals surface area (Å²) in [6.45, 7) is 4.30. The number of hydrogen-bond acceptors (Lipinski definition) is 5. The highest BCUT2D eigenvalue weighted by molar-refractivity contribution is 5.95. The topological polar surface area (TPSA) is 101 Å².